The van der Waals surface area contributed by atoms with E-state index in [1.807, 2.05) is 0 Å². The van der Waals surface area contributed by atoms with Crippen LogP contribution >= 0.6 is 0 Å². The van der Waals surface area contributed by atoms with Crippen LogP contribution in [0.5, 0.6) is 0 Å². The van der Waals surface area contributed by atoms with Crippen LogP contribution in [0.15, 0.2) is 24.3 Å². The molecule has 1 amide bonds. The number of alkyl carbamates (subject to hydrolysis) is 1. The molecule has 0 aromatic heterocycles. The minimum atomic E-state index is -1.04. The summed E-state index contributed by atoms with van der Waals surface area (Å²) in [6.45, 7) is 5.10. The highest BCUT2D eigenvalue weighted by molar-refractivity contribution is 5.87. The van der Waals surface area contributed by atoms with Gasteiger partial charge in [-0.25, -0.2) is 9.59 Å². The number of hydrogen-bond acceptors (Lipinski definition) is 4. The van der Waals surface area contributed by atoms with Gasteiger partial charge in [0, 0.05) is 6.61 Å². The Morgan fingerprint density at radius 3 is 2.52 bits per heavy atom. The van der Waals surface area contributed by atoms with Crippen molar-refractivity contribution < 1.29 is 24.5 Å². The number of hydrogen-bond donors (Lipinski definition) is 3. The van der Waals surface area contributed by atoms with Crippen molar-refractivity contribution in [1.29, 1.82) is 0 Å². The van der Waals surface area contributed by atoms with Crippen molar-refractivity contribution in [2.75, 3.05) is 6.61 Å². The molecule has 0 radical (unpaired) electrons. The summed E-state index contributed by atoms with van der Waals surface area (Å²) in [5.74, 6) is -1.04. The summed E-state index contributed by atoms with van der Waals surface area (Å²) in [6, 6.07) is 5.73. The third-order valence-corrected chi connectivity index (χ3v) is 2.64. The van der Waals surface area contributed by atoms with Crippen molar-refractivity contribution in [3.63, 3.8) is 0 Å². The van der Waals surface area contributed by atoms with Crippen molar-refractivity contribution in [3.8, 4) is 0 Å². The molecule has 1 atom stereocenters. The first-order valence-electron chi connectivity index (χ1n) is 6.66. The number of carbonyl (C=O) groups is 2. The minimum absolute atomic E-state index is 0.126. The summed E-state index contributed by atoms with van der Waals surface area (Å²) in [7, 11) is 0. The fourth-order valence-corrected chi connectivity index (χ4v) is 1.79. The maximum absolute atomic E-state index is 11.8. The normalized spacial score (nSPS) is 12.6. The van der Waals surface area contributed by atoms with Gasteiger partial charge in [-0.1, -0.05) is 12.1 Å². The first-order chi connectivity index (χ1) is 9.73. The number of ether oxygens (including phenoxy) is 1. The summed E-state index contributed by atoms with van der Waals surface area (Å²) in [5, 5.41) is 20.8. The predicted molar refractivity (Wildman–Crippen MR) is 77.2 cm³/mol. The van der Waals surface area contributed by atoms with Crippen LogP contribution in [0.4, 0.5) is 4.79 Å². The van der Waals surface area contributed by atoms with Crippen LogP contribution in [0, 0.1) is 0 Å². The second kappa shape index (κ2) is 7.08. The second-order valence-corrected chi connectivity index (χ2v) is 5.64. The predicted octanol–water partition coefficient (Wildman–Crippen LogP) is 2.33. The number of aliphatic hydroxyl groups excluding tert-OH is 1. The van der Waals surface area contributed by atoms with Crippen LogP contribution in [-0.4, -0.2) is 34.5 Å². The molecule has 0 aliphatic rings. The van der Waals surface area contributed by atoms with Crippen molar-refractivity contribution in [3.05, 3.63) is 35.4 Å². The minimum Gasteiger partial charge on any atom is -0.478 e. The Morgan fingerprint density at radius 1 is 1.33 bits per heavy atom. The molecule has 0 saturated heterocycles. The molecule has 0 heterocycles. The maximum Gasteiger partial charge on any atom is 0.408 e. The zero-order chi connectivity index (χ0) is 16.0. The molecule has 116 valence electrons. The van der Waals surface area contributed by atoms with Gasteiger partial charge in [-0.3, -0.25) is 0 Å². The SMILES string of the molecule is CC(C)(C)OC(=O)NC(CCO)c1cccc(C(=O)O)c1. The Balaban J connectivity index is 2.88. The van der Waals surface area contributed by atoms with Gasteiger partial charge in [0.15, 0.2) is 0 Å². The molecule has 0 bridgehead atoms. The number of nitrogens with one attached hydrogen (secondary N) is 1. The summed E-state index contributed by atoms with van der Waals surface area (Å²) >= 11 is 0. The quantitative estimate of drug-likeness (QED) is 0.774. The molecular weight excluding hydrogens is 274 g/mol. The van der Waals surface area contributed by atoms with Gasteiger partial charge >= 0.3 is 12.1 Å². The van der Waals surface area contributed by atoms with E-state index in [-0.39, 0.29) is 18.6 Å². The Kier molecular flexibility index (Phi) is 5.72. The van der Waals surface area contributed by atoms with Crippen molar-refractivity contribution in [2.24, 2.45) is 0 Å². The van der Waals surface area contributed by atoms with E-state index in [4.69, 9.17) is 14.9 Å². The average molecular weight is 295 g/mol. The molecule has 0 aliphatic heterocycles. The van der Waals surface area contributed by atoms with Crippen molar-refractivity contribution in [2.45, 2.75) is 38.8 Å². The monoisotopic (exact) mass is 295 g/mol. The first kappa shape index (κ1) is 17.0. The van der Waals surface area contributed by atoms with Crippen LogP contribution in [0.25, 0.3) is 0 Å². The van der Waals surface area contributed by atoms with Crippen LogP contribution in [0.3, 0.4) is 0 Å². The van der Waals surface area contributed by atoms with E-state index in [9.17, 15) is 9.59 Å². The number of carboxylic acids is 1. The Morgan fingerprint density at radius 2 is 2.00 bits per heavy atom. The second-order valence-electron chi connectivity index (χ2n) is 5.64. The Hall–Kier alpha value is -2.08. The largest absolute Gasteiger partial charge is 0.478 e. The molecule has 1 aromatic carbocycles. The third kappa shape index (κ3) is 5.83. The van der Waals surface area contributed by atoms with E-state index in [0.29, 0.717) is 5.56 Å². The smallest absolute Gasteiger partial charge is 0.408 e. The third-order valence-electron chi connectivity index (χ3n) is 2.64. The van der Waals surface area contributed by atoms with E-state index in [0.717, 1.165) is 0 Å². The number of benzene rings is 1. The molecule has 1 aromatic rings. The van der Waals surface area contributed by atoms with Crippen LogP contribution < -0.4 is 5.32 Å². The number of aliphatic hydroxyl groups is 1. The van der Waals surface area contributed by atoms with Gasteiger partial charge in [0.2, 0.25) is 0 Å². The van der Waals surface area contributed by atoms with Gasteiger partial charge in [0.05, 0.1) is 11.6 Å². The topological polar surface area (TPSA) is 95.9 Å². The lowest BCUT2D eigenvalue weighted by Gasteiger charge is -2.23. The summed E-state index contributed by atoms with van der Waals surface area (Å²) in [4.78, 5) is 22.8. The zero-order valence-electron chi connectivity index (χ0n) is 12.4. The van der Waals surface area contributed by atoms with Crippen LogP contribution in [-0.2, 0) is 4.74 Å². The number of carbonyl (C=O) groups excluding carboxylic acids is 1. The van der Waals surface area contributed by atoms with Gasteiger partial charge in [-0.2, -0.15) is 0 Å². The van der Waals surface area contributed by atoms with Crippen molar-refractivity contribution in [1.82, 2.24) is 5.32 Å². The van der Waals surface area contributed by atoms with E-state index in [2.05, 4.69) is 5.32 Å². The summed E-state index contributed by atoms with van der Waals surface area (Å²) in [6.07, 6.45) is -0.343. The summed E-state index contributed by atoms with van der Waals surface area (Å²) in [5.41, 5.74) is 0.104. The fraction of sp³-hybridized carbons (Fsp3) is 0.467. The van der Waals surface area contributed by atoms with E-state index in [1.165, 1.54) is 12.1 Å². The van der Waals surface area contributed by atoms with Crippen LogP contribution in [0.1, 0.15) is 49.2 Å². The van der Waals surface area contributed by atoms with Gasteiger partial charge in [-0.05, 0) is 44.9 Å². The maximum atomic E-state index is 11.8. The van der Waals surface area contributed by atoms with Crippen LogP contribution in [0.2, 0.25) is 0 Å². The van der Waals surface area contributed by atoms with E-state index < -0.39 is 23.7 Å². The Labute approximate surface area is 123 Å². The molecule has 0 aliphatic carbocycles. The molecule has 6 heteroatoms. The number of amides is 1. The highest BCUT2D eigenvalue weighted by atomic mass is 16.6. The lowest BCUT2D eigenvalue weighted by atomic mass is 10.0. The fourth-order valence-electron chi connectivity index (χ4n) is 1.79. The Bertz CT molecular complexity index is 507. The molecular formula is C15H21NO5. The van der Waals surface area contributed by atoms with E-state index >= 15 is 0 Å². The summed E-state index contributed by atoms with van der Waals surface area (Å²) < 4.78 is 5.17. The molecule has 1 rings (SSSR count). The lowest BCUT2D eigenvalue weighted by molar-refractivity contribution is 0.0496. The van der Waals surface area contributed by atoms with Gasteiger partial charge in [0.25, 0.3) is 0 Å². The van der Waals surface area contributed by atoms with Crippen molar-refractivity contribution >= 4 is 12.1 Å². The molecule has 0 spiro atoms. The lowest BCUT2D eigenvalue weighted by Crippen LogP contribution is -2.35. The van der Waals surface area contributed by atoms with E-state index in [1.54, 1.807) is 32.9 Å². The number of aromatic carboxylic acids is 1. The first-order valence-corrected chi connectivity index (χ1v) is 6.66. The standard InChI is InChI=1S/C15H21NO5/c1-15(2,3)21-14(20)16-12(7-8-17)10-5-4-6-11(9-10)13(18)19/h4-6,9,12,17H,7-8H2,1-3H3,(H,16,20)(H,18,19). The van der Waals surface area contributed by atoms with Gasteiger partial charge in [0.1, 0.15) is 5.60 Å². The molecule has 0 saturated carbocycles. The van der Waals surface area contributed by atoms with Gasteiger partial charge in [-0.15, -0.1) is 0 Å². The highest BCUT2D eigenvalue weighted by Gasteiger charge is 2.20. The molecule has 1 unspecified atom stereocenters. The highest BCUT2D eigenvalue weighted by Crippen LogP contribution is 2.19. The molecule has 0 fully saturated rings. The van der Waals surface area contributed by atoms with Gasteiger partial charge < -0.3 is 20.3 Å². The zero-order valence-corrected chi connectivity index (χ0v) is 12.4. The molecule has 3 N–H and O–H groups in total. The number of carboxylic acid groups (broad SMARTS) is 1. The average Bonchev–Trinajstić information content (AvgIpc) is 2.36. The molecule has 6 nitrogen and oxygen atoms in total. The number of rotatable bonds is 5. The molecule has 21 heavy (non-hydrogen) atoms.